The molecule has 2 N–H and O–H groups in total. The van der Waals surface area contributed by atoms with E-state index in [1.54, 1.807) is 6.92 Å². The highest BCUT2D eigenvalue weighted by atomic mass is 28.4. The van der Waals surface area contributed by atoms with Crippen molar-refractivity contribution in [2.45, 2.75) is 51.9 Å². The van der Waals surface area contributed by atoms with Gasteiger partial charge in [-0.2, -0.15) is 0 Å². The molecule has 0 bridgehead atoms. The number of hydrogen-bond acceptors (Lipinski definition) is 3. The van der Waals surface area contributed by atoms with Gasteiger partial charge in [-0.15, -0.1) is 0 Å². The summed E-state index contributed by atoms with van der Waals surface area (Å²) >= 11 is 0. The molecule has 2 rings (SSSR count). The molecule has 0 spiro atoms. The third-order valence-electron chi connectivity index (χ3n) is 5.26. The van der Waals surface area contributed by atoms with E-state index in [0.717, 1.165) is 0 Å². The molecule has 0 unspecified atom stereocenters. The first-order chi connectivity index (χ1) is 12.2. The zero-order valence-electron chi connectivity index (χ0n) is 16.5. The predicted molar refractivity (Wildman–Crippen MR) is 110 cm³/mol. The average Bonchev–Trinajstić information content (AvgIpc) is 2.62. The number of hydrogen-bond donors (Lipinski definition) is 2. The Hall–Kier alpha value is -1.46. The molecule has 0 fully saturated rings. The van der Waals surface area contributed by atoms with Crippen LogP contribution >= 0.6 is 0 Å². The molecule has 0 heterocycles. The van der Waals surface area contributed by atoms with E-state index in [0.29, 0.717) is 0 Å². The van der Waals surface area contributed by atoms with Gasteiger partial charge in [0.1, 0.15) is 0 Å². The summed E-state index contributed by atoms with van der Waals surface area (Å²) in [6.07, 6.45) is -1.29. The number of aliphatic hydroxyl groups is 2. The second kappa shape index (κ2) is 8.48. The normalized spacial score (nSPS) is 16.1. The van der Waals surface area contributed by atoms with E-state index in [2.05, 4.69) is 45.0 Å². The monoisotopic (exact) mass is 372 g/mol. The van der Waals surface area contributed by atoms with Crippen molar-refractivity contribution in [3.63, 3.8) is 0 Å². The second-order valence-corrected chi connectivity index (χ2v) is 12.4. The standard InChI is InChI=1S/C22H32O3Si/c1-17(18(2)23)21(24)16-25-26(22(3,4)5,19-12-8-6-9-13-19)20-14-10-7-11-15-20/h6-15,17-18,21,23-24H,16H2,1-5H3/t17-,18-,21-/m0/s1. The van der Waals surface area contributed by atoms with Crippen LogP contribution in [0.15, 0.2) is 60.7 Å². The summed E-state index contributed by atoms with van der Waals surface area (Å²) in [5, 5.41) is 22.6. The lowest BCUT2D eigenvalue weighted by Crippen LogP contribution is -2.67. The van der Waals surface area contributed by atoms with Crippen molar-refractivity contribution in [3.8, 4) is 0 Å². The van der Waals surface area contributed by atoms with E-state index in [9.17, 15) is 10.2 Å². The van der Waals surface area contributed by atoms with Gasteiger partial charge in [-0.25, -0.2) is 0 Å². The molecule has 3 nitrogen and oxygen atoms in total. The van der Waals surface area contributed by atoms with Crippen LogP contribution in [0.4, 0.5) is 0 Å². The van der Waals surface area contributed by atoms with Crippen LogP contribution in [-0.2, 0) is 4.43 Å². The van der Waals surface area contributed by atoms with E-state index in [1.807, 2.05) is 43.3 Å². The highest BCUT2D eigenvalue weighted by molar-refractivity contribution is 6.99. The Morgan fingerprint density at radius 2 is 1.27 bits per heavy atom. The third kappa shape index (κ3) is 4.26. The van der Waals surface area contributed by atoms with Crippen molar-refractivity contribution in [1.82, 2.24) is 0 Å². The van der Waals surface area contributed by atoms with Gasteiger partial charge >= 0.3 is 0 Å². The van der Waals surface area contributed by atoms with Crippen LogP contribution in [0.25, 0.3) is 0 Å². The molecule has 26 heavy (non-hydrogen) atoms. The Kier molecular flexibility index (Phi) is 6.80. The van der Waals surface area contributed by atoms with E-state index >= 15 is 0 Å². The van der Waals surface area contributed by atoms with Gasteiger partial charge in [-0.3, -0.25) is 0 Å². The highest BCUT2D eigenvalue weighted by Crippen LogP contribution is 2.37. The summed E-state index contributed by atoms with van der Waals surface area (Å²) in [4.78, 5) is 0. The molecule has 0 saturated carbocycles. The summed E-state index contributed by atoms with van der Waals surface area (Å²) in [7, 11) is -2.63. The fourth-order valence-corrected chi connectivity index (χ4v) is 8.02. The van der Waals surface area contributed by atoms with Crippen molar-refractivity contribution < 1.29 is 14.6 Å². The number of rotatable bonds is 7. The van der Waals surface area contributed by atoms with E-state index in [1.165, 1.54) is 10.4 Å². The largest absolute Gasteiger partial charge is 0.405 e. The SMILES string of the molecule is C[C@@H]([C@H](C)O)[C@@H](O)CO[Si](c1ccccc1)(c1ccccc1)C(C)(C)C. The van der Waals surface area contributed by atoms with E-state index < -0.39 is 20.5 Å². The summed E-state index contributed by atoms with van der Waals surface area (Å²) < 4.78 is 6.68. The Labute approximate surface area is 158 Å². The van der Waals surface area contributed by atoms with Crippen molar-refractivity contribution in [1.29, 1.82) is 0 Å². The fourth-order valence-electron chi connectivity index (χ4n) is 3.45. The average molecular weight is 373 g/mol. The van der Waals surface area contributed by atoms with E-state index in [-0.39, 0.29) is 17.6 Å². The molecular weight excluding hydrogens is 340 g/mol. The Morgan fingerprint density at radius 3 is 1.62 bits per heavy atom. The minimum absolute atomic E-state index is 0.122. The zero-order valence-corrected chi connectivity index (χ0v) is 17.5. The summed E-state index contributed by atoms with van der Waals surface area (Å²) in [5.41, 5.74) is 0. The first-order valence-corrected chi connectivity index (χ1v) is 11.2. The van der Waals surface area contributed by atoms with Gasteiger partial charge in [0.05, 0.1) is 18.8 Å². The maximum Gasteiger partial charge on any atom is 0.261 e. The van der Waals surface area contributed by atoms with Crippen molar-refractivity contribution >= 4 is 18.7 Å². The van der Waals surface area contributed by atoms with Gasteiger partial charge in [0.2, 0.25) is 0 Å². The van der Waals surface area contributed by atoms with Crippen LogP contribution in [0.5, 0.6) is 0 Å². The maximum absolute atomic E-state index is 10.5. The van der Waals surface area contributed by atoms with Crippen molar-refractivity contribution in [2.24, 2.45) is 5.92 Å². The van der Waals surface area contributed by atoms with Gasteiger partial charge in [-0.1, -0.05) is 88.4 Å². The highest BCUT2D eigenvalue weighted by Gasteiger charge is 2.50. The Balaban J connectivity index is 2.51. The smallest absolute Gasteiger partial charge is 0.261 e. The molecule has 142 valence electrons. The maximum atomic E-state index is 10.5. The minimum atomic E-state index is -2.63. The molecule has 0 aliphatic carbocycles. The van der Waals surface area contributed by atoms with Crippen LogP contribution < -0.4 is 10.4 Å². The number of aliphatic hydroxyl groups excluding tert-OH is 2. The van der Waals surface area contributed by atoms with Crippen LogP contribution in [0.3, 0.4) is 0 Å². The van der Waals surface area contributed by atoms with Crippen LogP contribution in [0, 0.1) is 5.92 Å². The van der Waals surface area contributed by atoms with Crippen LogP contribution in [0.1, 0.15) is 34.6 Å². The van der Waals surface area contributed by atoms with Gasteiger partial charge in [0.15, 0.2) is 0 Å². The molecule has 0 saturated heterocycles. The fraction of sp³-hybridized carbons (Fsp3) is 0.455. The molecule has 0 aliphatic rings. The zero-order chi connectivity index (χ0) is 19.4. The van der Waals surface area contributed by atoms with Crippen molar-refractivity contribution in [2.75, 3.05) is 6.61 Å². The summed E-state index contributed by atoms with van der Waals surface area (Å²) in [5.74, 6) is -0.242. The lowest BCUT2D eigenvalue weighted by Gasteiger charge is -2.43. The van der Waals surface area contributed by atoms with Gasteiger partial charge < -0.3 is 14.6 Å². The van der Waals surface area contributed by atoms with Gasteiger partial charge in [0, 0.05) is 5.92 Å². The van der Waals surface area contributed by atoms with Crippen LogP contribution in [0.2, 0.25) is 5.04 Å². The Morgan fingerprint density at radius 1 is 0.846 bits per heavy atom. The second-order valence-electron chi connectivity index (χ2n) is 8.14. The first kappa shape index (κ1) is 20.8. The lowest BCUT2D eigenvalue weighted by molar-refractivity contribution is 0.00311. The third-order valence-corrected chi connectivity index (χ3v) is 10.3. The molecule has 4 heteroatoms. The molecule has 2 aromatic carbocycles. The minimum Gasteiger partial charge on any atom is -0.405 e. The predicted octanol–water partition coefficient (Wildman–Crippen LogP) is 2.94. The summed E-state index contributed by atoms with van der Waals surface area (Å²) in [6, 6.07) is 20.7. The van der Waals surface area contributed by atoms with E-state index in [4.69, 9.17) is 4.43 Å². The molecular formula is C22H32O3Si. The summed E-state index contributed by atoms with van der Waals surface area (Å²) in [6.45, 7) is 10.4. The first-order valence-electron chi connectivity index (χ1n) is 9.31. The Bertz CT molecular complexity index is 625. The van der Waals surface area contributed by atoms with Crippen LogP contribution in [-0.4, -0.2) is 37.3 Å². The molecule has 0 radical (unpaired) electrons. The molecule has 0 amide bonds. The molecule has 3 atom stereocenters. The topological polar surface area (TPSA) is 49.7 Å². The van der Waals surface area contributed by atoms with Crippen molar-refractivity contribution in [3.05, 3.63) is 60.7 Å². The lowest BCUT2D eigenvalue weighted by atomic mass is 10.0. The quantitative estimate of drug-likeness (QED) is 0.735. The molecule has 0 aromatic heterocycles. The van der Waals surface area contributed by atoms with Gasteiger partial charge in [-0.05, 0) is 22.3 Å². The number of benzene rings is 2. The molecule has 0 aliphatic heterocycles. The molecule has 2 aromatic rings. The van der Waals surface area contributed by atoms with Gasteiger partial charge in [0.25, 0.3) is 8.32 Å².